The lowest BCUT2D eigenvalue weighted by Crippen LogP contribution is -2.36. The van der Waals surface area contributed by atoms with Gasteiger partial charge in [0.25, 0.3) is 10.0 Å². The summed E-state index contributed by atoms with van der Waals surface area (Å²) in [6, 6.07) is 9.78. The molecule has 0 atom stereocenters. The zero-order chi connectivity index (χ0) is 16.3. The number of nitrogens with one attached hydrogen (secondary N) is 1. The summed E-state index contributed by atoms with van der Waals surface area (Å²) in [6.07, 6.45) is 1.50. The van der Waals surface area contributed by atoms with Crippen molar-refractivity contribution in [2.45, 2.75) is 4.90 Å². The van der Waals surface area contributed by atoms with E-state index in [0.717, 1.165) is 18.9 Å². The van der Waals surface area contributed by atoms with Crippen molar-refractivity contribution in [3.8, 4) is 0 Å². The fourth-order valence-electron chi connectivity index (χ4n) is 2.30. The zero-order valence-corrected chi connectivity index (χ0v) is 13.8. The first-order valence-corrected chi connectivity index (χ1v) is 8.98. The molecule has 0 radical (unpaired) electrons. The van der Waals surface area contributed by atoms with Gasteiger partial charge >= 0.3 is 0 Å². The van der Waals surface area contributed by atoms with Crippen LogP contribution in [0.1, 0.15) is 0 Å². The number of nitrogens with zero attached hydrogens (tertiary/aromatic N) is 2. The number of sulfonamides is 1. The molecule has 2 heterocycles. The molecule has 8 heteroatoms. The minimum absolute atomic E-state index is 0.0407. The van der Waals surface area contributed by atoms with Crippen molar-refractivity contribution in [3.63, 3.8) is 0 Å². The van der Waals surface area contributed by atoms with Gasteiger partial charge < -0.3 is 9.64 Å². The first-order chi connectivity index (χ1) is 11.1. The third kappa shape index (κ3) is 3.74. The summed E-state index contributed by atoms with van der Waals surface area (Å²) in [5, 5.41) is 0.179. The molecule has 23 heavy (non-hydrogen) atoms. The molecule has 0 amide bonds. The summed E-state index contributed by atoms with van der Waals surface area (Å²) in [6.45, 7) is 2.89. The number of anilines is 2. The summed E-state index contributed by atoms with van der Waals surface area (Å²) in [4.78, 5) is 6.45. The van der Waals surface area contributed by atoms with Crippen LogP contribution in [0.15, 0.2) is 47.5 Å². The van der Waals surface area contributed by atoms with Crippen LogP contribution in [0.3, 0.4) is 0 Å². The van der Waals surface area contributed by atoms with Crippen molar-refractivity contribution in [1.82, 2.24) is 4.98 Å². The lowest BCUT2D eigenvalue weighted by molar-refractivity contribution is 0.122. The van der Waals surface area contributed by atoms with Gasteiger partial charge in [-0.1, -0.05) is 23.7 Å². The standard InChI is InChI=1S/C15H16ClN3O3S/c16-13-3-1-2-4-14(13)23(20,21)18-12-5-6-15(17-11-12)19-7-9-22-10-8-19/h1-6,11,18H,7-10H2. The average molecular weight is 354 g/mol. The molecule has 1 aliphatic rings. The first-order valence-electron chi connectivity index (χ1n) is 7.12. The third-order valence-electron chi connectivity index (χ3n) is 3.46. The van der Waals surface area contributed by atoms with Crippen molar-refractivity contribution in [3.05, 3.63) is 47.6 Å². The molecule has 1 aromatic heterocycles. The van der Waals surface area contributed by atoms with E-state index in [-0.39, 0.29) is 9.92 Å². The van der Waals surface area contributed by atoms with E-state index in [1.807, 2.05) is 0 Å². The molecular formula is C15H16ClN3O3S. The van der Waals surface area contributed by atoms with Crippen LogP contribution in [0, 0.1) is 0 Å². The Labute approximate surface area is 140 Å². The minimum atomic E-state index is -3.74. The molecule has 6 nitrogen and oxygen atoms in total. The molecule has 3 rings (SSSR count). The van der Waals surface area contributed by atoms with E-state index in [4.69, 9.17) is 16.3 Å². The van der Waals surface area contributed by atoms with Gasteiger partial charge in [0, 0.05) is 13.1 Å². The molecule has 0 bridgehead atoms. The zero-order valence-electron chi connectivity index (χ0n) is 12.3. The number of morpholine rings is 1. The number of hydrogen-bond donors (Lipinski definition) is 1. The minimum Gasteiger partial charge on any atom is -0.378 e. The summed E-state index contributed by atoms with van der Waals surface area (Å²) in [7, 11) is -3.74. The maximum Gasteiger partial charge on any atom is 0.263 e. The van der Waals surface area contributed by atoms with Gasteiger partial charge in [0.1, 0.15) is 10.7 Å². The van der Waals surface area contributed by atoms with Crippen LogP contribution >= 0.6 is 11.6 Å². The lowest BCUT2D eigenvalue weighted by Gasteiger charge is -2.27. The highest BCUT2D eigenvalue weighted by atomic mass is 35.5. The van der Waals surface area contributed by atoms with Crippen LogP contribution in [0.4, 0.5) is 11.5 Å². The molecule has 1 N–H and O–H groups in total. The second-order valence-corrected chi connectivity index (χ2v) is 7.10. The Bertz CT molecular complexity index is 775. The number of rotatable bonds is 4. The topological polar surface area (TPSA) is 71.5 Å². The summed E-state index contributed by atoms with van der Waals surface area (Å²) in [5.74, 6) is 0.800. The summed E-state index contributed by atoms with van der Waals surface area (Å²) >= 11 is 5.95. The normalized spacial score (nSPS) is 15.4. The van der Waals surface area contributed by atoms with Crippen molar-refractivity contribution >= 4 is 33.1 Å². The van der Waals surface area contributed by atoms with Gasteiger partial charge in [-0.2, -0.15) is 0 Å². The van der Waals surface area contributed by atoms with E-state index < -0.39 is 10.0 Å². The van der Waals surface area contributed by atoms with Crippen LogP contribution in [0.5, 0.6) is 0 Å². The molecule has 1 saturated heterocycles. The smallest absolute Gasteiger partial charge is 0.263 e. The van der Waals surface area contributed by atoms with Gasteiger partial charge in [-0.05, 0) is 24.3 Å². The predicted octanol–water partition coefficient (Wildman–Crippen LogP) is 2.37. The molecule has 2 aromatic rings. The van der Waals surface area contributed by atoms with Crippen LogP contribution in [0.2, 0.25) is 5.02 Å². The maximum atomic E-state index is 12.4. The molecule has 1 fully saturated rings. The van der Waals surface area contributed by atoms with E-state index in [9.17, 15) is 8.42 Å². The van der Waals surface area contributed by atoms with Gasteiger partial charge in [0.2, 0.25) is 0 Å². The Balaban J connectivity index is 1.76. The van der Waals surface area contributed by atoms with Gasteiger partial charge in [-0.25, -0.2) is 13.4 Å². The van der Waals surface area contributed by atoms with Gasteiger partial charge in [-0.15, -0.1) is 0 Å². The van der Waals surface area contributed by atoms with Gasteiger partial charge in [0.05, 0.1) is 30.1 Å². The van der Waals surface area contributed by atoms with Gasteiger partial charge in [0.15, 0.2) is 0 Å². The molecular weight excluding hydrogens is 338 g/mol. The lowest BCUT2D eigenvalue weighted by atomic mass is 10.3. The van der Waals surface area contributed by atoms with E-state index in [0.29, 0.717) is 18.9 Å². The van der Waals surface area contributed by atoms with Crippen LogP contribution in [-0.2, 0) is 14.8 Å². The molecule has 0 aliphatic carbocycles. The second-order valence-electron chi connectivity index (χ2n) is 5.04. The number of ether oxygens (including phenoxy) is 1. The Morgan fingerprint density at radius 1 is 1.13 bits per heavy atom. The largest absolute Gasteiger partial charge is 0.378 e. The molecule has 1 aliphatic heterocycles. The van der Waals surface area contributed by atoms with E-state index in [1.54, 1.807) is 24.3 Å². The van der Waals surface area contributed by atoms with Crippen molar-refractivity contribution in [1.29, 1.82) is 0 Å². The van der Waals surface area contributed by atoms with Crippen molar-refractivity contribution in [2.24, 2.45) is 0 Å². The molecule has 0 spiro atoms. The highest BCUT2D eigenvalue weighted by Gasteiger charge is 2.18. The van der Waals surface area contributed by atoms with Crippen molar-refractivity contribution < 1.29 is 13.2 Å². The number of pyridine rings is 1. The number of halogens is 1. The second kappa shape index (κ2) is 6.74. The Morgan fingerprint density at radius 2 is 1.87 bits per heavy atom. The van der Waals surface area contributed by atoms with Crippen LogP contribution in [0.25, 0.3) is 0 Å². The predicted molar refractivity (Wildman–Crippen MR) is 89.5 cm³/mol. The fourth-order valence-corrected chi connectivity index (χ4v) is 3.86. The molecule has 0 unspecified atom stereocenters. The van der Waals surface area contributed by atoms with E-state index in [1.165, 1.54) is 18.3 Å². The Morgan fingerprint density at radius 3 is 2.52 bits per heavy atom. The SMILES string of the molecule is O=S(=O)(Nc1ccc(N2CCOCC2)nc1)c1ccccc1Cl. The fraction of sp³-hybridized carbons (Fsp3) is 0.267. The van der Waals surface area contributed by atoms with E-state index >= 15 is 0 Å². The summed E-state index contributed by atoms with van der Waals surface area (Å²) < 4.78 is 32.5. The molecule has 1 aromatic carbocycles. The monoisotopic (exact) mass is 353 g/mol. The maximum absolute atomic E-state index is 12.4. The number of benzene rings is 1. The first kappa shape index (κ1) is 16.0. The molecule has 122 valence electrons. The third-order valence-corrected chi connectivity index (χ3v) is 5.34. The molecule has 0 saturated carbocycles. The van der Waals surface area contributed by atoms with Crippen LogP contribution < -0.4 is 9.62 Å². The quantitative estimate of drug-likeness (QED) is 0.913. The Hall–Kier alpha value is -1.83. The van der Waals surface area contributed by atoms with E-state index in [2.05, 4.69) is 14.6 Å². The highest BCUT2D eigenvalue weighted by Crippen LogP contribution is 2.23. The van der Waals surface area contributed by atoms with Crippen molar-refractivity contribution in [2.75, 3.05) is 35.9 Å². The van der Waals surface area contributed by atoms with Gasteiger partial charge in [-0.3, -0.25) is 4.72 Å². The number of aromatic nitrogens is 1. The van der Waals surface area contributed by atoms with Crippen LogP contribution in [-0.4, -0.2) is 39.7 Å². The average Bonchev–Trinajstić information content (AvgIpc) is 2.56. The summed E-state index contributed by atoms with van der Waals surface area (Å²) in [5.41, 5.74) is 0.391. The Kier molecular flexibility index (Phi) is 4.70. The number of hydrogen-bond acceptors (Lipinski definition) is 5. The highest BCUT2D eigenvalue weighted by molar-refractivity contribution is 7.92.